The maximum absolute atomic E-state index is 12.5. The van der Waals surface area contributed by atoms with E-state index in [1.54, 1.807) is 74.2 Å². The lowest BCUT2D eigenvalue weighted by molar-refractivity contribution is -0.113. The summed E-state index contributed by atoms with van der Waals surface area (Å²) in [4.78, 5) is 36.5. The molecule has 2 aromatic carbocycles. The molecule has 0 saturated heterocycles. The molecular formula is C23H25N5O5S. The number of carbonyl (C=O) groups excluding carboxylic acids is 3. The summed E-state index contributed by atoms with van der Waals surface area (Å²) in [6.45, 7) is 1.81. The van der Waals surface area contributed by atoms with Crippen molar-refractivity contribution in [2.45, 2.75) is 18.1 Å². The molecule has 0 aliphatic carbocycles. The topological polar surface area (TPSA) is 124 Å². The molecule has 0 saturated carbocycles. The second kappa shape index (κ2) is 11.3. The summed E-state index contributed by atoms with van der Waals surface area (Å²) in [5.74, 6) is 0.306. The van der Waals surface area contributed by atoms with Gasteiger partial charge in [-0.25, -0.2) is 4.79 Å². The van der Waals surface area contributed by atoms with Gasteiger partial charge in [-0.3, -0.25) is 9.59 Å². The predicted octanol–water partition coefficient (Wildman–Crippen LogP) is 2.83. The molecule has 10 nitrogen and oxygen atoms in total. The maximum Gasteiger partial charge on any atom is 0.337 e. The highest BCUT2D eigenvalue weighted by molar-refractivity contribution is 7.99. The third kappa shape index (κ3) is 6.13. The van der Waals surface area contributed by atoms with Crippen LogP contribution in [0.3, 0.4) is 0 Å². The fraction of sp³-hybridized carbons (Fsp3) is 0.261. The SMILES string of the molecule is COC(=O)c1cccc(NC(=O)CSc2nnc([C@@H](C)NC(=O)c3ccc(OC)cc3)n2C)c1. The Morgan fingerprint density at radius 2 is 1.79 bits per heavy atom. The van der Waals surface area contributed by atoms with Gasteiger partial charge in [0.15, 0.2) is 11.0 Å². The van der Waals surface area contributed by atoms with Gasteiger partial charge in [-0.05, 0) is 49.4 Å². The van der Waals surface area contributed by atoms with Crippen molar-refractivity contribution in [1.29, 1.82) is 0 Å². The predicted molar refractivity (Wildman–Crippen MR) is 127 cm³/mol. The molecule has 0 bridgehead atoms. The molecule has 0 fully saturated rings. The Morgan fingerprint density at radius 1 is 1.06 bits per heavy atom. The summed E-state index contributed by atoms with van der Waals surface area (Å²) < 4.78 is 11.5. The summed E-state index contributed by atoms with van der Waals surface area (Å²) >= 11 is 1.21. The molecule has 11 heteroatoms. The molecule has 1 heterocycles. The van der Waals surface area contributed by atoms with Crippen molar-refractivity contribution in [2.24, 2.45) is 7.05 Å². The van der Waals surface area contributed by atoms with E-state index in [0.29, 0.717) is 33.5 Å². The standard InChI is InChI=1S/C23H25N5O5S/c1-14(24-21(30)15-8-10-18(32-3)11-9-15)20-26-27-23(28(20)2)34-13-19(29)25-17-7-5-6-16(12-17)22(31)33-4/h5-12,14H,13H2,1-4H3,(H,24,30)(H,25,29)/t14-/m1/s1. The first-order valence-corrected chi connectivity index (χ1v) is 11.3. The minimum atomic E-state index is -0.481. The van der Waals surface area contributed by atoms with E-state index >= 15 is 0 Å². The number of rotatable bonds is 9. The number of hydrogen-bond acceptors (Lipinski definition) is 8. The second-order valence-electron chi connectivity index (χ2n) is 7.23. The van der Waals surface area contributed by atoms with Gasteiger partial charge in [0.1, 0.15) is 5.75 Å². The number of anilines is 1. The van der Waals surface area contributed by atoms with Crippen molar-refractivity contribution in [2.75, 3.05) is 25.3 Å². The van der Waals surface area contributed by atoms with Crippen molar-refractivity contribution in [3.05, 3.63) is 65.5 Å². The molecule has 0 spiro atoms. The number of aromatic nitrogens is 3. The molecule has 3 rings (SSSR count). The van der Waals surface area contributed by atoms with Gasteiger partial charge in [0.2, 0.25) is 5.91 Å². The van der Waals surface area contributed by atoms with Crippen LogP contribution < -0.4 is 15.4 Å². The van der Waals surface area contributed by atoms with E-state index in [2.05, 4.69) is 25.6 Å². The Hall–Kier alpha value is -3.86. The summed E-state index contributed by atoms with van der Waals surface area (Å²) in [5.41, 5.74) is 1.33. The zero-order valence-electron chi connectivity index (χ0n) is 19.2. The highest BCUT2D eigenvalue weighted by Crippen LogP contribution is 2.20. The highest BCUT2D eigenvalue weighted by Gasteiger charge is 2.19. The molecule has 2 amide bonds. The van der Waals surface area contributed by atoms with Crippen LogP contribution in [-0.4, -0.2) is 52.5 Å². The number of benzene rings is 2. The van der Waals surface area contributed by atoms with Crippen molar-refractivity contribution in [3.8, 4) is 5.75 Å². The van der Waals surface area contributed by atoms with Crippen molar-refractivity contribution in [1.82, 2.24) is 20.1 Å². The lowest BCUT2D eigenvalue weighted by atomic mass is 10.2. The molecule has 0 unspecified atom stereocenters. The summed E-state index contributed by atoms with van der Waals surface area (Å²) in [6, 6.07) is 12.9. The van der Waals surface area contributed by atoms with Crippen LogP contribution in [0.5, 0.6) is 5.75 Å². The van der Waals surface area contributed by atoms with E-state index in [-0.39, 0.29) is 17.6 Å². The van der Waals surface area contributed by atoms with Gasteiger partial charge in [-0.15, -0.1) is 10.2 Å². The fourth-order valence-electron chi connectivity index (χ4n) is 3.08. The number of esters is 1. The monoisotopic (exact) mass is 483 g/mol. The number of nitrogens with zero attached hydrogens (tertiary/aromatic N) is 3. The van der Waals surface area contributed by atoms with Crippen molar-refractivity contribution >= 4 is 35.2 Å². The molecule has 178 valence electrons. The average molecular weight is 484 g/mol. The first kappa shape index (κ1) is 24.8. The molecule has 34 heavy (non-hydrogen) atoms. The van der Waals surface area contributed by atoms with E-state index < -0.39 is 12.0 Å². The van der Waals surface area contributed by atoms with Crippen LogP contribution in [0.15, 0.2) is 53.7 Å². The summed E-state index contributed by atoms with van der Waals surface area (Å²) in [7, 11) is 4.63. The van der Waals surface area contributed by atoms with E-state index in [9.17, 15) is 14.4 Å². The van der Waals surface area contributed by atoms with Crippen LogP contribution in [0.1, 0.15) is 39.5 Å². The third-order valence-electron chi connectivity index (χ3n) is 4.86. The number of amides is 2. The molecule has 0 aliphatic heterocycles. The normalized spacial score (nSPS) is 11.4. The first-order valence-electron chi connectivity index (χ1n) is 10.3. The van der Waals surface area contributed by atoms with E-state index in [1.807, 2.05) is 0 Å². The molecule has 1 aromatic heterocycles. The van der Waals surface area contributed by atoms with Crippen LogP contribution in [0.25, 0.3) is 0 Å². The van der Waals surface area contributed by atoms with Gasteiger partial charge in [0.25, 0.3) is 5.91 Å². The smallest absolute Gasteiger partial charge is 0.337 e. The van der Waals surface area contributed by atoms with Gasteiger partial charge in [-0.1, -0.05) is 17.8 Å². The van der Waals surface area contributed by atoms with Gasteiger partial charge in [0.05, 0.1) is 31.6 Å². The molecule has 1 atom stereocenters. The van der Waals surface area contributed by atoms with Crippen molar-refractivity contribution < 1.29 is 23.9 Å². The number of nitrogens with one attached hydrogen (secondary N) is 2. The largest absolute Gasteiger partial charge is 0.497 e. The summed E-state index contributed by atoms with van der Waals surface area (Å²) in [6.07, 6.45) is 0. The quantitative estimate of drug-likeness (QED) is 0.352. The Bertz CT molecular complexity index is 1180. The number of ether oxygens (including phenoxy) is 2. The lowest BCUT2D eigenvalue weighted by Crippen LogP contribution is -2.28. The van der Waals surface area contributed by atoms with E-state index in [4.69, 9.17) is 4.74 Å². The van der Waals surface area contributed by atoms with E-state index in [0.717, 1.165) is 0 Å². The molecule has 0 radical (unpaired) electrons. The zero-order valence-corrected chi connectivity index (χ0v) is 20.0. The van der Waals surface area contributed by atoms with Gasteiger partial charge >= 0.3 is 5.97 Å². The number of carbonyl (C=O) groups is 3. The highest BCUT2D eigenvalue weighted by atomic mass is 32.2. The number of thioether (sulfide) groups is 1. The Balaban J connectivity index is 1.56. The third-order valence-corrected chi connectivity index (χ3v) is 5.88. The van der Waals surface area contributed by atoms with Crippen LogP contribution >= 0.6 is 11.8 Å². The molecule has 2 N–H and O–H groups in total. The van der Waals surface area contributed by atoms with Crippen molar-refractivity contribution in [3.63, 3.8) is 0 Å². The first-order chi connectivity index (χ1) is 16.3. The maximum atomic E-state index is 12.5. The minimum absolute atomic E-state index is 0.0843. The van der Waals surface area contributed by atoms with Gasteiger partial charge in [0, 0.05) is 18.3 Å². The van der Waals surface area contributed by atoms with Gasteiger partial charge < -0.3 is 24.7 Å². The number of hydrogen-bond donors (Lipinski definition) is 2. The van der Waals surface area contributed by atoms with Crippen LogP contribution in [0, 0.1) is 0 Å². The van der Waals surface area contributed by atoms with Crippen LogP contribution in [0.4, 0.5) is 5.69 Å². The number of methoxy groups -OCH3 is 2. The molecule has 0 aliphatic rings. The molecular weight excluding hydrogens is 458 g/mol. The minimum Gasteiger partial charge on any atom is -0.497 e. The lowest BCUT2D eigenvalue weighted by Gasteiger charge is -2.14. The Morgan fingerprint density at radius 3 is 2.47 bits per heavy atom. The average Bonchev–Trinajstić information content (AvgIpc) is 3.22. The summed E-state index contributed by atoms with van der Waals surface area (Å²) in [5, 5.41) is 14.5. The molecule has 3 aromatic rings. The van der Waals surface area contributed by atoms with Crippen LogP contribution in [0.2, 0.25) is 0 Å². The Kier molecular flexibility index (Phi) is 8.25. The van der Waals surface area contributed by atoms with Gasteiger partial charge in [-0.2, -0.15) is 0 Å². The van der Waals surface area contributed by atoms with Crippen LogP contribution in [-0.2, 0) is 16.6 Å². The second-order valence-corrected chi connectivity index (χ2v) is 8.18. The van der Waals surface area contributed by atoms with E-state index in [1.165, 1.54) is 18.9 Å². The fourth-order valence-corrected chi connectivity index (χ4v) is 3.80. The zero-order chi connectivity index (χ0) is 24.7. The Labute approximate surface area is 201 Å².